The maximum absolute atomic E-state index is 10.6. The minimum absolute atomic E-state index is 0.0609. The molecule has 0 aliphatic heterocycles. The van der Waals surface area contributed by atoms with E-state index in [0.29, 0.717) is 5.92 Å². The maximum atomic E-state index is 10.6. The molecule has 0 spiro atoms. The summed E-state index contributed by atoms with van der Waals surface area (Å²) in [6.07, 6.45) is 0.0867. The summed E-state index contributed by atoms with van der Waals surface area (Å²) in [7, 11) is 0. The molecule has 0 aromatic heterocycles. The first kappa shape index (κ1) is 10.5. The molecule has 0 N–H and O–H groups in total. The molecule has 0 aliphatic rings. The van der Waals surface area contributed by atoms with Gasteiger partial charge < -0.3 is 4.74 Å². The van der Waals surface area contributed by atoms with Crippen molar-refractivity contribution < 1.29 is 9.53 Å². The van der Waals surface area contributed by atoms with Crippen molar-refractivity contribution >= 4 is 18.5 Å². The summed E-state index contributed by atoms with van der Waals surface area (Å²) in [4.78, 5) is 10.6. The molecule has 0 saturated carbocycles. The lowest BCUT2D eigenvalue weighted by molar-refractivity contribution is 0.0770. The summed E-state index contributed by atoms with van der Waals surface area (Å²) in [5.74, 6) is 0.320. The molecule has 0 saturated heterocycles. The van der Waals surface area contributed by atoms with Gasteiger partial charge in [0.25, 0.3) is 0 Å². The zero-order valence-electron chi connectivity index (χ0n) is 7.03. The lowest BCUT2D eigenvalue weighted by Gasteiger charge is -2.17. The van der Waals surface area contributed by atoms with Crippen molar-refractivity contribution in [2.45, 2.75) is 33.3 Å². The third kappa shape index (κ3) is 4.03. The van der Waals surface area contributed by atoms with Crippen molar-refractivity contribution in [3.8, 4) is 0 Å². The van der Waals surface area contributed by atoms with Crippen LogP contribution in [-0.2, 0) is 17.2 Å². The van der Waals surface area contributed by atoms with E-state index in [1.807, 2.05) is 20.8 Å². The van der Waals surface area contributed by atoms with Crippen LogP contribution in [0.25, 0.3) is 0 Å². The fourth-order valence-corrected chi connectivity index (χ4v) is 0.885. The highest BCUT2D eigenvalue weighted by Gasteiger charge is 2.14. The molecule has 0 rings (SSSR count). The van der Waals surface area contributed by atoms with Crippen molar-refractivity contribution in [1.82, 2.24) is 0 Å². The highest BCUT2D eigenvalue weighted by molar-refractivity contribution is 7.47. The molecule has 3 nitrogen and oxygen atoms in total. The molecule has 1 amide bonds. The molecule has 1 atom stereocenters. The molecule has 0 fully saturated rings. The molecule has 0 aromatic carbocycles. The molecule has 0 aromatic rings. The van der Waals surface area contributed by atoms with Crippen LogP contribution in [0.5, 0.6) is 0 Å². The molecule has 0 radical (unpaired) electrons. The summed E-state index contributed by atoms with van der Waals surface area (Å²) >= 11 is 4.18. The summed E-state index contributed by atoms with van der Waals surface area (Å²) in [5.41, 5.74) is 0. The first-order valence-corrected chi connectivity index (χ1v) is 4.02. The van der Waals surface area contributed by atoms with Crippen molar-refractivity contribution in [3.63, 3.8) is 0 Å². The number of carbonyl (C=O) groups excluding carboxylic acids is 1. The van der Waals surface area contributed by atoms with E-state index in [9.17, 15) is 4.79 Å². The van der Waals surface area contributed by atoms with Crippen LogP contribution in [0.2, 0.25) is 0 Å². The molecule has 11 heavy (non-hydrogen) atoms. The van der Waals surface area contributed by atoms with Gasteiger partial charge in [0.1, 0.15) is 6.10 Å². The van der Waals surface area contributed by atoms with Gasteiger partial charge in [0.2, 0.25) is 0 Å². The van der Waals surface area contributed by atoms with Gasteiger partial charge in [0.15, 0.2) is 0 Å². The van der Waals surface area contributed by atoms with Crippen LogP contribution in [0, 0.1) is 5.92 Å². The Labute approximate surface area is 72.3 Å². The molecule has 64 valence electrons. The van der Waals surface area contributed by atoms with Crippen LogP contribution in [0.15, 0.2) is 4.36 Å². The summed E-state index contributed by atoms with van der Waals surface area (Å²) in [5, 5.41) is 0. The molecule has 0 aliphatic carbocycles. The number of ether oxygens (including phenoxy) is 1. The number of nitrogens with zero attached hydrogens (tertiary/aromatic N) is 1. The topological polar surface area (TPSA) is 38.7 Å². The lowest BCUT2D eigenvalue weighted by atomic mass is 10.1. The first-order chi connectivity index (χ1) is 5.11. The Balaban J connectivity index is 3.87. The second-order valence-corrected chi connectivity index (χ2v) is 2.85. The number of hydrogen-bond acceptors (Lipinski definition) is 3. The SMILES string of the molecule is CCC(OC(=O)N=S)C(C)C. The van der Waals surface area contributed by atoms with Gasteiger partial charge in [-0.2, -0.15) is 0 Å². The molecular weight excluding hydrogens is 162 g/mol. The molecule has 0 heterocycles. The Kier molecular flexibility index (Phi) is 4.94. The van der Waals surface area contributed by atoms with Crippen molar-refractivity contribution in [2.75, 3.05) is 0 Å². The predicted molar refractivity (Wildman–Crippen MR) is 45.2 cm³/mol. The second-order valence-electron chi connectivity index (χ2n) is 2.67. The number of amides is 1. The van der Waals surface area contributed by atoms with E-state index >= 15 is 0 Å². The molecular formula is C7H13NO2S. The standard InChI is InChI=1S/C7H13NO2S/c1-4-6(5(2)3)10-7(9)8-11/h5-6H,4H2,1-3H3. The second kappa shape index (κ2) is 5.18. The van der Waals surface area contributed by atoms with Gasteiger partial charge in [-0.3, -0.25) is 0 Å². The normalized spacial score (nSPS) is 12.7. The maximum Gasteiger partial charge on any atom is 0.445 e. The Morgan fingerprint density at radius 2 is 2.18 bits per heavy atom. The van der Waals surface area contributed by atoms with Crippen LogP contribution in [-0.4, -0.2) is 12.2 Å². The molecule has 4 heteroatoms. The zero-order chi connectivity index (χ0) is 8.85. The van der Waals surface area contributed by atoms with E-state index in [1.54, 1.807) is 0 Å². The monoisotopic (exact) mass is 175 g/mol. The van der Waals surface area contributed by atoms with E-state index in [0.717, 1.165) is 6.42 Å². The Hall–Kier alpha value is -0.510. The van der Waals surface area contributed by atoms with Gasteiger partial charge in [0, 0.05) is 12.4 Å². The van der Waals surface area contributed by atoms with E-state index in [4.69, 9.17) is 4.74 Å². The van der Waals surface area contributed by atoms with Gasteiger partial charge in [-0.05, 0) is 12.3 Å². The smallest absolute Gasteiger partial charge is 0.444 e. The summed E-state index contributed by atoms with van der Waals surface area (Å²) in [6, 6.07) is 0. The highest BCUT2D eigenvalue weighted by Crippen LogP contribution is 2.10. The average molecular weight is 175 g/mol. The van der Waals surface area contributed by atoms with Gasteiger partial charge in [-0.1, -0.05) is 20.8 Å². The summed E-state index contributed by atoms with van der Waals surface area (Å²) in [6.45, 7) is 5.94. The zero-order valence-corrected chi connectivity index (χ0v) is 7.85. The van der Waals surface area contributed by atoms with E-state index in [1.165, 1.54) is 0 Å². The predicted octanol–water partition coefficient (Wildman–Crippen LogP) is 2.29. The minimum atomic E-state index is -0.652. The Bertz CT molecular complexity index is 147. The van der Waals surface area contributed by atoms with Crippen LogP contribution in [0.4, 0.5) is 4.79 Å². The average Bonchev–Trinajstić information content (AvgIpc) is 1.99. The van der Waals surface area contributed by atoms with Crippen LogP contribution < -0.4 is 0 Å². The molecule has 1 unspecified atom stereocenters. The van der Waals surface area contributed by atoms with Crippen LogP contribution in [0.1, 0.15) is 27.2 Å². The number of hydrogen-bond donors (Lipinski definition) is 0. The quantitative estimate of drug-likeness (QED) is 0.660. The fraction of sp³-hybridized carbons (Fsp3) is 0.857. The number of rotatable bonds is 3. The van der Waals surface area contributed by atoms with Crippen molar-refractivity contribution in [1.29, 1.82) is 0 Å². The lowest BCUT2D eigenvalue weighted by Crippen LogP contribution is -2.20. The van der Waals surface area contributed by atoms with Crippen LogP contribution in [0.3, 0.4) is 0 Å². The van der Waals surface area contributed by atoms with E-state index in [-0.39, 0.29) is 6.10 Å². The van der Waals surface area contributed by atoms with Crippen molar-refractivity contribution in [3.05, 3.63) is 0 Å². The van der Waals surface area contributed by atoms with Crippen LogP contribution >= 0.6 is 0 Å². The highest BCUT2D eigenvalue weighted by atomic mass is 32.1. The fourth-order valence-electron chi connectivity index (χ4n) is 0.842. The van der Waals surface area contributed by atoms with Crippen molar-refractivity contribution in [2.24, 2.45) is 10.3 Å². The third-order valence-corrected chi connectivity index (χ3v) is 1.62. The van der Waals surface area contributed by atoms with Gasteiger partial charge in [-0.25, -0.2) is 4.79 Å². The Morgan fingerprint density at radius 1 is 1.64 bits per heavy atom. The largest absolute Gasteiger partial charge is 0.445 e. The number of carbonyl (C=O) groups is 1. The van der Waals surface area contributed by atoms with Gasteiger partial charge in [0.05, 0.1) is 0 Å². The van der Waals surface area contributed by atoms with E-state index in [2.05, 4.69) is 16.8 Å². The molecule has 0 bridgehead atoms. The first-order valence-electron chi connectivity index (χ1n) is 3.65. The van der Waals surface area contributed by atoms with E-state index < -0.39 is 6.09 Å². The van der Waals surface area contributed by atoms with Gasteiger partial charge >= 0.3 is 6.09 Å². The third-order valence-electron chi connectivity index (χ3n) is 1.47. The van der Waals surface area contributed by atoms with Gasteiger partial charge in [-0.15, -0.1) is 4.36 Å². The summed E-state index contributed by atoms with van der Waals surface area (Å²) < 4.78 is 7.88. The minimum Gasteiger partial charge on any atom is -0.444 e. The Morgan fingerprint density at radius 3 is 2.45 bits per heavy atom.